The number of nitrogens with zero attached hydrogens (tertiary/aromatic N) is 3. The quantitative estimate of drug-likeness (QED) is 0.114. The lowest BCUT2D eigenvalue weighted by atomic mass is 10.0. The molecule has 0 N–H and O–H groups in total. The fraction of sp³-hybridized carbons (Fsp3) is 0.405. The predicted molar refractivity (Wildman–Crippen MR) is 183 cm³/mol. The second-order valence-corrected chi connectivity index (χ2v) is 13.1. The number of benzene rings is 3. The first kappa shape index (κ1) is 33.4. The van der Waals surface area contributed by atoms with Crippen LogP contribution in [0.2, 0.25) is 5.02 Å². The largest absolute Gasteiger partial charge is 0.494 e. The van der Waals surface area contributed by atoms with E-state index in [0.29, 0.717) is 47.3 Å². The van der Waals surface area contributed by atoms with E-state index in [-0.39, 0.29) is 11.9 Å². The Balaban J connectivity index is 1.17. The molecule has 0 radical (unpaired) electrons. The van der Waals surface area contributed by atoms with Gasteiger partial charge in [0.1, 0.15) is 22.8 Å². The first-order chi connectivity index (χ1) is 22.1. The normalized spacial score (nSPS) is 14.0. The van der Waals surface area contributed by atoms with Crippen molar-refractivity contribution in [2.45, 2.75) is 59.1 Å². The minimum Gasteiger partial charge on any atom is -0.494 e. The number of unbranched alkanes of at least 4 members (excludes halogenated alkanes) is 1. The molecule has 2 heterocycles. The van der Waals surface area contributed by atoms with Crippen LogP contribution < -0.4 is 9.47 Å². The van der Waals surface area contributed by atoms with E-state index in [1.807, 2.05) is 81.6 Å². The number of aryl methyl sites for hydroxylation is 1. The molecule has 1 aliphatic rings. The lowest BCUT2D eigenvalue weighted by Crippen LogP contribution is -2.50. The molecule has 0 spiro atoms. The van der Waals surface area contributed by atoms with Gasteiger partial charge in [-0.3, -0.25) is 9.69 Å². The zero-order valence-electron chi connectivity index (χ0n) is 27.3. The summed E-state index contributed by atoms with van der Waals surface area (Å²) in [5.74, 6) is 2.03. The van der Waals surface area contributed by atoms with Gasteiger partial charge in [-0.1, -0.05) is 24.9 Å². The number of amides is 1. The molecule has 1 aromatic heterocycles. The highest BCUT2D eigenvalue weighted by atomic mass is 35.5. The molecule has 1 aliphatic heterocycles. The van der Waals surface area contributed by atoms with Gasteiger partial charge >= 0.3 is 6.09 Å². The van der Waals surface area contributed by atoms with Crippen molar-refractivity contribution in [2.75, 3.05) is 39.3 Å². The lowest BCUT2D eigenvalue weighted by Gasteiger charge is -2.35. The maximum Gasteiger partial charge on any atom is 0.410 e. The Morgan fingerprint density at radius 2 is 1.50 bits per heavy atom. The van der Waals surface area contributed by atoms with Gasteiger partial charge in [0, 0.05) is 72.5 Å². The Labute approximate surface area is 276 Å². The molecule has 4 aromatic rings. The highest BCUT2D eigenvalue weighted by Gasteiger charge is 2.25. The van der Waals surface area contributed by atoms with Crippen molar-refractivity contribution >= 4 is 34.4 Å². The number of piperazine rings is 1. The molecular formula is C37H44ClN3O5. The Kier molecular flexibility index (Phi) is 10.9. The summed E-state index contributed by atoms with van der Waals surface area (Å²) in [5, 5.41) is 1.51. The Bertz CT molecular complexity index is 1620. The van der Waals surface area contributed by atoms with Gasteiger partial charge in [0.15, 0.2) is 5.78 Å². The van der Waals surface area contributed by atoms with Crippen LogP contribution in [-0.4, -0.2) is 71.2 Å². The lowest BCUT2D eigenvalue weighted by molar-refractivity contribution is 0.0142. The van der Waals surface area contributed by atoms with Crippen molar-refractivity contribution in [3.8, 4) is 17.2 Å². The Morgan fingerprint density at radius 1 is 0.826 bits per heavy atom. The van der Waals surface area contributed by atoms with Gasteiger partial charge < -0.3 is 23.7 Å². The summed E-state index contributed by atoms with van der Waals surface area (Å²) >= 11 is 6.03. The Hall–Kier alpha value is -4.01. The SMILES string of the molecule is CCCCn1cc(C(=O)c2ccc(OCCCN3CCN(C(=O)OC(C)(C)C)CC3)cc2)c2cc(Oc3ccc(Cl)cc3)ccc21. The molecule has 1 fully saturated rings. The van der Waals surface area contributed by atoms with Crippen LogP contribution >= 0.6 is 11.6 Å². The number of ketones is 1. The maximum absolute atomic E-state index is 13.8. The van der Waals surface area contributed by atoms with Crippen molar-refractivity contribution in [3.63, 3.8) is 0 Å². The molecule has 46 heavy (non-hydrogen) atoms. The number of hydrogen-bond donors (Lipinski definition) is 0. The van der Waals surface area contributed by atoms with Crippen LogP contribution in [0.3, 0.4) is 0 Å². The summed E-state index contributed by atoms with van der Waals surface area (Å²) in [7, 11) is 0. The molecule has 0 unspecified atom stereocenters. The molecule has 0 bridgehead atoms. The zero-order valence-corrected chi connectivity index (χ0v) is 28.0. The fourth-order valence-corrected chi connectivity index (χ4v) is 5.62. The number of fused-ring (bicyclic) bond motifs is 1. The van der Waals surface area contributed by atoms with E-state index in [1.54, 1.807) is 17.0 Å². The van der Waals surface area contributed by atoms with Crippen LogP contribution in [0.15, 0.2) is 72.9 Å². The molecule has 9 heteroatoms. The van der Waals surface area contributed by atoms with E-state index < -0.39 is 5.60 Å². The molecule has 1 amide bonds. The van der Waals surface area contributed by atoms with Crippen LogP contribution in [0, 0.1) is 0 Å². The first-order valence-corrected chi connectivity index (χ1v) is 16.5. The van der Waals surface area contributed by atoms with Crippen molar-refractivity contribution in [1.29, 1.82) is 0 Å². The number of rotatable bonds is 12. The summed E-state index contributed by atoms with van der Waals surface area (Å²) in [6.07, 6.45) is 4.67. The second-order valence-electron chi connectivity index (χ2n) is 12.7. The summed E-state index contributed by atoms with van der Waals surface area (Å²) < 4.78 is 19.7. The number of ether oxygens (including phenoxy) is 3. The topological polar surface area (TPSA) is 73.2 Å². The van der Waals surface area contributed by atoms with Crippen molar-refractivity contribution in [1.82, 2.24) is 14.4 Å². The minimum absolute atomic E-state index is 0.0408. The van der Waals surface area contributed by atoms with E-state index in [1.165, 1.54) is 0 Å². The van der Waals surface area contributed by atoms with Gasteiger partial charge in [0.05, 0.1) is 6.61 Å². The third kappa shape index (κ3) is 8.83. The predicted octanol–water partition coefficient (Wildman–Crippen LogP) is 8.44. The molecule has 3 aromatic carbocycles. The third-order valence-corrected chi connectivity index (χ3v) is 8.18. The van der Waals surface area contributed by atoms with Gasteiger partial charge in [-0.15, -0.1) is 0 Å². The van der Waals surface area contributed by atoms with Gasteiger partial charge in [-0.05, 0) is 100 Å². The summed E-state index contributed by atoms with van der Waals surface area (Å²) in [4.78, 5) is 30.2. The molecule has 0 atom stereocenters. The van der Waals surface area contributed by atoms with Crippen LogP contribution in [0.1, 0.15) is 62.9 Å². The number of carbonyl (C=O) groups excluding carboxylic acids is 2. The van der Waals surface area contributed by atoms with Crippen LogP contribution in [0.25, 0.3) is 10.9 Å². The number of carbonyl (C=O) groups is 2. The smallest absolute Gasteiger partial charge is 0.410 e. The number of hydrogen-bond acceptors (Lipinski definition) is 6. The van der Waals surface area contributed by atoms with Crippen molar-refractivity contribution in [2.24, 2.45) is 0 Å². The van der Waals surface area contributed by atoms with Crippen LogP contribution in [0.4, 0.5) is 4.79 Å². The zero-order chi connectivity index (χ0) is 32.7. The van der Waals surface area contributed by atoms with Gasteiger partial charge in [-0.25, -0.2) is 4.79 Å². The van der Waals surface area contributed by atoms with E-state index >= 15 is 0 Å². The van der Waals surface area contributed by atoms with Crippen molar-refractivity contribution < 1.29 is 23.8 Å². The van der Waals surface area contributed by atoms with Crippen LogP contribution in [-0.2, 0) is 11.3 Å². The Morgan fingerprint density at radius 3 is 2.17 bits per heavy atom. The second kappa shape index (κ2) is 15.1. The summed E-state index contributed by atoms with van der Waals surface area (Å²) in [5.41, 5.74) is 1.78. The fourth-order valence-electron chi connectivity index (χ4n) is 5.49. The molecule has 1 saturated heterocycles. The third-order valence-electron chi connectivity index (χ3n) is 7.93. The molecule has 8 nitrogen and oxygen atoms in total. The molecule has 0 saturated carbocycles. The monoisotopic (exact) mass is 645 g/mol. The average Bonchev–Trinajstić information content (AvgIpc) is 3.40. The average molecular weight is 646 g/mol. The van der Waals surface area contributed by atoms with Gasteiger partial charge in [0.25, 0.3) is 0 Å². The molecule has 244 valence electrons. The molecule has 5 rings (SSSR count). The standard InChI is InChI=1S/C37H44ClN3O5/c1-5-6-19-41-26-33(32-25-31(16-17-34(32)41)45-30-14-10-28(38)11-15-30)35(42)27-8-12-29(13-9-27)44-24-7-18-39-20-22-40(23-21-39)36(43)46-37(2,3)4/h8-17,25-26H,5-7,18-24H2,1-4H3. The molecule has 0 aliphatic carbocycles. The number of aromatic nitrogens is 1. The maximum atomic E-state index is 13.8. The molecular weight excluding hydrogens is 602 g/mol. The first-order valence-electron chi connectivity index (χ1n) is 16.1. The minimum atomic E-state index is -0.482. The van der Waals surface area contributed by atoms with Crippen molar-refractivity contribution in [3.05, 3.63) is 89.1 Å². The van der Waals surface area contributed by atoms with E-state index in [2.05, 4.69) is 16.4 Å². The van der Waals surface area contributed by atoms with Crippen LogP contribution in [0.5, 0.6) is 17.2 Å². The van der Waals surface area contributed by atoms with Gasteiger partial charge in [0.2, 0.25) is 0 Å². The van der Waals surface area contributed by atoms with Gasteiger partial charge in [-0.2, -0.15) is 0 Å². The summed E-state index contributed by atoms with van der Waals surface area (Å²) in [6, 6.07) is 20.5. The number of halogens is 1. The summed E-state index contributed by atoms with van der Waals surface area (Å²) in [6.45, 7) is 13.1. The van der Waals surface area contributed by atoms with E-state index in [0.717, 1.165) is 62.1 Å². The highest BCUT2D eigenvalue weighted by molar-refractivity contribution is 6.30. The van der Waals surface area contributed by atoms with E-state index in [4.69, 9.17) is 25.8 Å². The van der Waals surface area contributed by atoms with E-state index in [9.17, 15) is 9.59 Å². The highest BCUT2D eigenvalue weighted by Crippen LogP contribution is 2.31.